The fraction of sp³-hybridized carbons (Fsp3) is 0.850. The number of carbonyl (C=O) groups is 2. The minimum absolute atomic E-state index is 0.0254. The molecule has 0 spiro atoms. The maximum absolute atomic E-state index is 12.6. The largest absolute Gasteiger partial charge is 0.466 e. The second-order valence-corrected chi connectivity index (χ2v) is 6.75. The number of rotatable bonds is 13. The Morgan fingerprint density at radius 1 is 1.04 bits per heavy atom. The second kappa shape index (κ2) is 12.7. The lowest BCUT2D eigenvalue weighted by molar-refractivity contribution is -0.158. The van der Waals surface area contributed by atoms with Gasteiger partial charge in [-0.3, -0.25) is 9.59 Å². The normalized spacial score (nSPS) is 15.5. The summed E-state index contributed by atoms with van der Waals surface area (Å²) >= 11 is 0. The minimum Gasteiger partial charge on any atom is -0.466 e. The molecule has 3 atom stereocenters. The second-order valence-electron chi connectivity index (χ2n) is 6.75. The molecule has 0 aromatic heterocycles. The van der Waals surface area contributed by atoms with Crippen LogP contribution in [0.4, 0.5) is 0 Å². The summed E-state index contributed by atoms with van der Waals surface area (Å²) in [7, 11) is 0. The van der Waals surface area contributed by atoms with Crippen LogP contribution in [0, 0.1) is 28.6 Å². The monoisotopic (exact) mass is 353 g/mol. The maximum atomic E-state index is 12.6. The van der Waals surface area contributed by atoms with Crippen LogP contribution in [0.1, 0.15) is 79.6 Å². The number of hydrogen-bond acceptors (Lipinski definition) is 5. The molecule has 0 amide bonds. The van der Waals surface area contributed by atoms with Crippen LogP contribution < -0.4 is 0 Å². The highest BCUT2D eigenvalue weighted by molar-refractivity contribution is 5.80. The van der Waals surface area contributed by atoms with Gasteiger partial charge < -0.3 is 9.47 Å². The number of nitriles is 1. The molecular weight excluding hydrogens is 318 g/mol. The Kier molecular flexibility index (Phi) is 11.9. The van der Waals surface area contributed by atoms with E-state index in [0.29, 0.717) is 6.42 Å². The average molecular weight is 354 g/mol. The van der Waals surface area contributed by atoms with Crippen molar-refractivity contribution in [2.75, 3.05) is 13.2 Å². The SMILES string of the molecule is CCCCCC(C)(C#N)C(CCC)C(CC(=O)OCC)C(=O)OCC. The standard InChI is InChI=1S/C20H35NO4/c1-6-10-11-13-20(5,15-21)17(12-7-2)16(19(23)25-9-4)14-18(22)24-8-3/h16-17H,6-14H2,1-5H3. The van der Waals surface area contributed by atoms with Gasteiger partial charge in [-0.2, -0.15) is 5.26 Å². The fourth-order valence-electron chi connectivity index (χ4n) is 3.38. The number of hydrogen-bond donors (Lipinski definition) is 0. The van der Waals surface area contributed by atoms with Crippen molar-refractivity contribution in [1.82, 2.24) is 0 Å². The average Bonchev–Trinajstić information content (AvgIpc) is 2.58. The van der Waals surface area contributed by atoms with Crippen LogP contribution in [0.15, 0.2) is 0 Å². The molecule has 3 unspecified atom stereocenters. The molecule has 0 saturated carbocycles. The van der Waals surface area contributed by atoms with Gasteiger partial charge >= 0.3 is 11.9 Å². The molecule has 0 heterocycles. The molecule has 0 rings (SSSR count). The summed E-state index contributed by atoms with van der Waals surface area (Å²) in [6, 6.07) is 2.45. The molecule has 0 radical (unpaired) electrons. The molecule has 5 heteroatoms. The molecule has 0 bridgehead atoms. The van der Waals surface area contributed by atoms with Gasteiger partial charge in [0, 0.05) is 0 Å². The summed E-state index contributed by atoms with van der Waals surface area (Å²) < 4.78 is 10.3. The molecule has 0 fully saturated rings. The van der Waals surface area contributed by atoms with Gasteiger partial charge in [-0.25, -0.2) is 0 Å². The number of unbranched alkanes of at least 4 members (excludes halogenated alkanes) is 2. The van der Waals surface area contributed by atoms with Crippen molar-refractivity contribution in [2.24, 2.45) is 17.3 Å². The van der Waals surface area contributed by atoms with E-state index in [2.05, 4.69) is 13.0 Å². The molecule has 25 heavy (non-hydrogen) atoms. The molecule has 0 aromatic carbocycles. The predicted octanol–water partition coefficient (Wildman–Crippen LogP) is 4.65. The van der Waals surface area contributed by atoms with Crippen molar-refractivity contribution in [3.63, 3.8) is 0 Å². The Bertz CT molecular complexity index is 443. The Morgan fingerprint density at radius 2 is 1.68 bits per heavy atom. The summed E-state index contributed by atoms with van der Waals surface area (Å²) in [6.45, 7) is 10.1. The zero-order valence-electron chi connectivity index (χ0n) is 16.6. The number of esters is 2. The highest BCUT2D eigenvalue weighted by atomic mass is 16.5. The van der Waals surface area contributed by atoms with E-state index in [9.17, 15) is 14.9 Å². The van der Waals surface area contributed by atoms with E-state index in [1.165, 1.54) is 0 Å². The molecule has 0 N–H and O–H groups in total. The molecule has 0 saturated heterocycles. The van der Waals surface area contributed by atoms with Crippen LogP contribution in [-0.2, 0) is 19.1 Å². The van der Waals surface area contributed by atoms with Crippen LogP contribution >= 0.6 is 0 Å². The quantitative estimate of drug-likeness (QED) is 0.356. The van der Waals surface area contributed by atoms with Crippen LogP contribution in [-0.4, -0.2) is 25.2 Å². The lowest BCUT2D eigenvalue weighted by Crippen LogP contribution is -2.38. The van der Waals surface area contributed by atoms with E-state index in [4.69, 9.17) is 9.47 Å². The van der Waals surface area contributed by atoms with E-state index >= 15 is 0 Å². The first-order valence-corrected chi connectivity index (χ1v) is 9.63. The van der Waals surface area contributed by atoms with Crippen LogP contribution in [0.2, 0.25) is 0 Å². The van der Waals surface area contributed by atoms with Crippen molar-refractivity contribution in [3.8, 4) is 6.07 Å². The molecule has 0 aliphatic carbocycles. The third-order valence-corrected chi connectivity index (χ3v) is 4.74. The van der Waals surface area contributed by atoms with Crippen LogP contribution in [0.3, 0.4) is 0 Å². The Balaban J connectivity index is 5.57. The third kappa shape index (κ3) is 7.90. The van der Waals surface area contributed by atoms with Gasteiger partial charge in [0.2, 0.25) is 0 Å². The lowest BCUT2D eigenvalue weighted by Gasteiger charge is -2.36. The first-order valence-electron chi connectivity index (χ1n) is 9.63. The third-order valence-electron chi connectivity index (χ3n) is 4.74. The highest BCUT2D eigenvalue weighted by Gasteiger charge is 2.43. The molecule has 0 aromatic rings. The zero-order chi connectivity index (χ0) is 19.3. The summed E-state index contributed by atoms with van der Waals surface area (Å²) in [5.74, 6) is -1.66. The first kappa shape index (κ1) is 23.4. The van der Waals surface area contributed by atoms with Gasteiger partial charge in [-0.15, -0.1) is 0 Å². The van der Waals surface area contributed by atoms with E-state index in [1.54, 1.807) is 13.8 Å². The zero-order valence-corrected chi connectivity index (χ0v) is 16.6. The number of nitrogens with zero attached hydrogens (tertiary/aromatic N) is 1. The maximum Gasteiger partial charge on any atom is 0.309 e. The highest BCUT2D eigenvalue weighted by Crippen LogP contribution is 2.42. The molecule has 0 aliphatic rings. The minimum atomic E-state index is -0.658. The Morgan fingerprint density at radius 3 is 2.16 bits per heavy atom. The van der Waals surface area contributed by atoms with Gasteiger partial charge in [0.05, 0.1) is 37.0 Å². The van der Waals surface area contributed by atoms with Gasteiger partial charge in [-0.1, -0.05) is 39.5 Å². The molecule has 5 nitrogen and oxygen atoms in total. The van der Waals surface area contributed by atoms with Crippen molar-refractivity contribution in [2.45, 2.75) is 79.6 Å². The Labute approximate surface area is 153 Å². The van der Waals surface area contributed by atoms with E-state index in [-0.39, 0.29) is 25.6 Å². The Hall–Kier alpha value is -1.57. The summed E-state index contributed by atoms with van der Waals surface area (Å²) in [5.41, 5.74) is -0.658. The molecule has 0 aliphatic heterocycles. The fourth-order valence-corrected chi connectivity index (χ4v) is 3.38. The van der Waals surface area contributed by atoms with Crippen LogP contribution in [0.25, 0.3) is 0 Å². The van der Waals surface area contributed by atoms with Crippen molar-refractivity contribution in [1.29, 1.82) is 5.26 Å². The number of carbonyl (C=O) groups excluding carboxylic acids is 2. The molecule has 144 valence electrons. The summed E-state index contributed by atoms with van der Waals surface area (Å²) in [4.78, 5) is 24.6. The van der Waals surface area contributed by atoms with Gasteiger partial charge in [0.15, 0.2) is 0 Å². The first-order chi connectivity index (χ1) is 11.9. The van der Waals surface area contributed by atoms with E-state index < -0.39 is 23.3 Å². The topological polar surface area (TPSA) is 76.4 Å². The van der Waals surface area contributed by atoms with Crippen molar-refractivity contribution >= 4 is 11.9 Å². The van der Waals surface area contributed by atoms with Crippen molar-refractivity contribution < 1.29 is 19.1 Å². The summed E-state index contributed by atoms with van der Waals surface area (Å²) in [6.07, 6.45) is 5.31. The van der Waals surface area contributed by atoms with E-state index in [0.717, 1.165) is 32.1 Å². The smallest absolute Gasteiger partial charge is 0.309 e. The number of ether oxygens (including phenoxy) is 2. The van der Waals surface area contributed by atoms with Crippen molar-refractivity contribution in [3.05, 3.63) is 0 Å². The van der Waals surface area contributed by atoms with Crippen LogP contribution in [0.5, 0.6) is 0 Å². The van der Waals surface area contributed by atoms with Gasteiger partial charge in [0.25, 0.3) is 0 Å². The summed E-state index contributed by atoms with van der Waals surface area (Å²) in [5, 5.41) is 9.86. The van der Waals surface area contributed by atoms with Gasteiger partial charge in [0.1, 0.15) is 0 Å². The van der Waals surface area contributed by atoms with Gasteiger partial charge in [-0.05, 0) is 39.5 Å². The predicted molar refractivity (Wildman–Crippen MR) is 97.6 cm³/mol. The van der Waals surface area contributed by atoms with E-state index in [1.807, 2.05) is 13.8 Å². The lowest BCUT2D eigenvalue weighted by atomic mass is 9.66. The molecular formula is C20H35NO4.